The monoisotopic (exact) mass is 379 g/mol. The molecule has 0 heterocycles. The van der Waals surface area contributed by atoms with Crippen LogP contribution in [0.4, 0.5) is 0 Å². The first-order valence-corrected chi connectivity index (χ1v) is 12.6. The van der Waals surface area contributed by atoms with Crippen LogP contribution >= 0.6 is 0 Å². The molecule has 0 rings (SSSR count). The van der Waals surface area contributed by atoms with Crippen LogP contribution in [0.15, 0.2) is 4.99 Å². The minimum Gasteiger partial charge on any atom is -0.297 e. The van der Waals surface area contributed by atoms with Crippen molar-refractivity contribution in [1.82, 2.24) is 0 Å². The molecule has 1 atom stereocenters. The summed E-state index contributed by atoms with van der Waals surface area (Å²) in [6.07, 6.45) is 24.5. The second-order valence-corrected chi connectivity index (χ2v) is 9.65. The lowest BCUT2D eigenvalue weighted by Crippen LogP contribution is -2.04. The maximum Gasteiger partial charge on any atom is 0.0385 e. The lowest BCUT2D eigenvalue weighted by molar-refractivity contribution is 0.459. The van der Waals surface area contributed by atoms with Gasteiger partial charge in [-0.3, -0.25) is 4.99 Å². The number of nitrogens with zero attached hydrogens (tertiary/aromatic N) is 1. The Bertz CT molecular complexity index is 305. The largest absolute Gasteiger partial charge is 0.297 e. The van der Waals surface area contributed by atoms with Crippen molar-refractivity contribution in [2.24, 2.45) is 22.7 Å². The van der Waals surface area contributed by atoms with E-state index in [0.29, 0.717) is 0 Å². The SMILES string of the molecule is CCCCCCCCCCN=CC(CCCCCC(C)C)CCCC(C)C. The van der Waals surface area contributed by atoms with Crippen molar-refractivity contribution < 1.29 is 0 Å². The van der Waals surface area contributed by atoms with Crippen LogP contribution in [0.2, 0.25) is 0 Å². The molecular formula is C26H53N. The van der Waals surface area contributed by atoms with Gasteiger partial charge in [0.15, 0.2) is 0 Å². The van der Waals surface area contributed by atoms with E-state index < -0.39 is 0 Å². The molecule has 0 aromatic heterocycles. The van der Waals surface area contributed by atoms with Gasteiger partial charge in [0.1, 0.15) is 0 Å². The summed E-state index contributed by atoms with van der Waals surface area (Å²) in [5.41, 5.74) is 0. The van der Waals surface area contributed by atoms with E-state index in [1.165, 1.54) is 103 Å². The predicted octanol–water partition coefficient (Wildman–Crippen LogP) is 9.25. The maximum atomic E-state index is 4.82. The molecule has 0 amide bonds. The minimum atomic E-state index is 0.733. The quantitative estimate of drug-likeness (QED) is 0.148. The van der Waals surface area contributed by atoms with E-state index in [1.54, 1.807) is 0 Å². The summed E-state index contributed by atoms with van der Waals surface area (Å²) in [5.74, 6) is 2.43. The third-order valence-electron chi connectivity index (χ3n) is 5.67. The topological polar surface area (TPSA) is 12.4 Å². The number of unbranched alkanes of at least 4 members (excludes halogenated alkanes) is 9. The van der Waals surface area contributed by atoms with Crippen molar-refractivity contribution in [3.05, 3.63) is 0 Å². The van der Waals surface area contributed by atoms with Gasteiger partial charge in [-0.2, -0.15) is 0 Å². The summed E-state index contributed by atoms with van der Waals surface area (Å²) < 4.78 is 0. The lowest BCUT2D eigenvalue weighted by Gasteiger charge is -2.13. The van der Waals surface area contributed by atoms with Gasteiger partial charge in [-0.15, -0.1) is 0 Å². The standard InChI is InChI=1S/C26H53N/c1-6-7-8-9-10-11-12-16-22-27-23-26(21-17-19-25(4)5)20-15-13-14-18-24(2)3/h23-26H,6-22H2,1-5H3. The normalized spacial score (nSPS) is 13.3. The van der Waals surface area contributed by atoms with Gasteiger partial charge in [-0.1, -0.05) is 118 Å². The fourth-order valence-corrected chi connectivity index (χ4v) is 3.78. The average molecular weight is 380 g/mol. The highest BCUT2D eigenvalue weighted by Crippen LogP contribution is 2.19. The van der Waals surface area contributed by atoms with Crippen LogP contribution < -0.4 is 0 Å². The van der Waals surface area contributed by atoms with Gasteiger partial charge < -0.3 is 0 Å². The second-order valence-electron chi connectivity index (χ2n) is 9.65. The molecule has 0 saturated heterocycles. The van der Waals surface area contributed by atoms with Gasteiger partial charge in [0, 0.05) is 12.8 Å². The van der Waals surface area contributed by atoms with E-state index in [0.717, 1.165) is 24.3 Å². The van der Waals surface area contributed by atoms with Crippen LogP contribution in [0, 0.1) is 17.8 Å². The Morgan fingerprint density at radius 2 is 1.04 bits per heavy atom. The van der Waals surface area contributed by atoms with Crippen molar-refractivity contribution in [2.75, 3.05) is 6.54 Å². The molecule has 1 heteroatoms. The molecule has 0 bridgehead atoms. The predicted molar refractivity (Wildman–Crippen MR) is 126 cm³/mol. The molecule has 0 aliphatic carbocycles. The molecule has 0 spiro atoms. The first-order chi connectivity index (χ1) is 13.1. The van der Waals surface area contributed by atoms with Crippen LogP contribution in [0.3, 0.4) is 0 Å². The third kappa shape index (κ3) is 21.8. The Kier molecular flexibility index (Phi) is 20.2. The molecular weight excluding hydrogens is 326 g/mol. The zero-order valence-electron chi connectivity index (χ0n) is 19.8. The Morgan fingerprint density at radius 3 is 1.67 bits per heavy atom. The number of rotatable bonds is 20. The summed E-state index contributed by atoms with van der Waals surface area (Å²) in [4.78, 5) is 4.82. The Morgan fingerprint density at radius 1 is 0.556 bits per heavy atom. The fraction of sp³-hybridized carbons (Fsp3) is 0.962. The van der Waals surface area contributed by atoms with E-state index >= 15 is 0 Å². The zero-order chi connectivity index (χ0) is 20.2. The van der Waals surface area contributed by atoms with Gasteiger partial charge in [0.25, 0.3) is 0 Å². The van der Waals surface area contributed by atoms with Crippen LogP contribution in [-0.4, -0.2) is 12.8 Å². The lowest BCUT2D eigenvalue weighted by atomic mass is 9.93. The van der Waals surface area contributed by atoms with Crippen LogP contribution in [-0.2, 0) is 0 Å². The maximum absolute atomic E-state index is 4.82. The second kappa shape index (κ2) is 20.4. The van der Waals surface area contributed by atoms with Crippen LogP contribution in [0.5, 0.6) is 0 Å². The molecule has 1 unspecified atom stereocenters. The van der Waals surface area contributed by atoms with Crippen molar-refractivity contribution in [2.45, 2.75) is 137 Å². The molecule has 0 N–H and O–H groups in total. The molecule has 0 aliphatic heterocycles. The van der Waals surface area contributed by atoms with Gasteiger partial charge in [0.05, 0.1) is 0 Å². The molecule has 0 saturated carbocycles. The van der Waals surface area contributed by atoms with Crippen molar-refractivity contribution in [3.8, 4) is 0 Å². The molecule has 0 aromatic rings. The smallest absolute Gasteiger partial charge is 0.0385 e. The third-order valence-corrected chi connectivity index (χ3v) is 5.67. The Balaban J connectivity index is 3.87. The number of aliphatic imine (C=N–C) groups is 1. The van der Waals surface area contributed by atoms with Gasteiger partial charge in [0.2, 0.25) is 0 Å². The van der Waals surface area contributed by atoms with E-state index in [9.17, 15) is 0 Å². The molecule has 27 heavy (non-hydrogen) atoms. The van der Waals surface area contributed by atoms with Crippen LogP contribution in [0.1, 0.15) is 137 Å². The fourth-order valence-electron chi connectivity index (χ4n) is 3.78. The molecule has 0 aromatic carbocycles. The van der Waals surface area contributed by atoms with Crippen molar-refractivity contribution >= 4 is 6.21 Å². The highest BCUT2D eigenvalue weighted by Gasteiger charge is 2.07. The van der Waals surface area contributed by atoms with Crippen LogP contribution in [0.25, 0.3) is 0 Å². The summed E-state index contributed by atoms with van der Waals surface area (Å²) in [6, 6.07) is 0. The summed E-state index contributed by atoms with van der Waals surface area (Å²) in [6.45, 7) is 12.7. The number of hydrogen-bond donors (Lipinski definition) is 0. The highest BCUT2D eigenvalue weighted by molar-refractivity contribution is 5.60. The summed E-state index contributed by atoms with van der Waals surface area (Å²) >= 11 is 0. The average Bonchev–Trinajstić information content (AvgIpc) is 2.61. The van der Waals surface area contributed by atoms with E-state index in [2.05, 4.69) is 40.8 Å². The Hall–Kier alpha value is -0.330. The van der Waals surface area contributed by atoms with Gasteiger partial charge >= 0.3 is 0 Å². The van der Waals surface area contributed by atoms with Gasteiger partial charge in [-0.25, -0.2) is 0 Å². The Labute approximate surface area is 173 Å². The number of hydrogen-bond acceptors (Lipinski definition) is 1. The summed E-state index contributed by atoms with van der Waals surface area (Å²) in [7, 11) is 0. The first kappa shape index (κ1) is 26.7. The highest BCUT2D eigenvalue weighted by atomic mass is 14.7. The zero-order valence-corrected chi connectivity index (χ0v) is 19.8. The van der Waals surface area contributed by atoms with Gasteiger partial charge in [-0.05, 0) is 37.0 Å². The molecule has 1 nitrogen and oxygen atoms in total. The minimum absolute atomic E-state index is 0.733. The van der Waals surface area contributed by atoms with Crippen molar-refractivity contribution in [1.29, 1.82) is 0 Å². The van der Waals surface area contributed by atoms with Crippen molar-refractivity contribution in [3.63, 3.8) is 0 Å². The molecule has 162 valence electrons. The van der Waals surface area contributed by atoms with E-state index in [4.69, 9.17) is 4.99 Å². The van der Waals surface area contributed by atoms with E-state index in [-0.39, 0.29) is 0 Å². The molecule has 0 aliphatic rings. The molecule has 0 radical (unpaired) electrons. The summed E-state index contributed by atoms with van der Waals surface area (Å²) in [5, 5.41) is 0. The molecule has 0 fully saturated rings. The van der Waals surface area contributed by atoms with E-state index in [1.807, 2.05) is 0 Å². The first-order valence-electron chi connectivity index (χ1n) is 12.6.